The van der Waals surface area contributed by atoms with E-state index in [-0.39, 0.29) is 24.0 Å². The Morgan fingerprint density at radius 3 is 2.60 bits per heavy atom. The second kappa shape index (κ2) is 12.6. The molecule has 164 valence electrons. The third-order valence-electron chi connectivity index (χ3n) is 4.89. The van der Waals surface area contributed by atoms with Gasteiger partial charge in [0.1, 0.15) is 0 Å². The summed E-state index contributed by atoms with van der Waals surface area (Å²) in [5.41, 5.74) is 3.76. The quantitative estimate of drug-likeness (QED) is 0.297. The summed E-state index contributed by atoms with van der Waals surface area (Å²) in [7, 11) is 2.14. The van der Waals surface area contributed by atoms with Gasteiger partial charge in [-0.25, -0.2) is 4.99 Å². The van der Waals surface area contributed by atoms with Crippen molar-refractivity contribution in [2.75, 3.05) is 33.5 Å². The van der Waals surface area contributed by atoms with Crippen molar-refractivity contribution in [3.63, 3.8) is 0 Å². The molecule has 6 nitrogen and oxygen atoms in total. The van der Waals surface area contributed by atoms with Gasteiger partial charge in [-0.15, -0.1) is 24.0 Å². The Kier molecular flexibility index (Phi) is 10.2. The van der Waals surface area contributed by atoms with Gasteiger partial charge < -0.3 is 25.0 Å². The molecule has 0 amide bonds. The molecular formula is C23H33IN4O2. The van der Waals surface area contributed by atoms with Crippen molar-refractivity contribution in [1.29, 1.82) is 0 Å². The van der Waals surface area contributed by atoms with E-state index in [1.165, 1.54) is 16.7 Å². The molecule has 0 atom stereocenters. The summed E-state index contributed by atoms with van der Waals surface area (Å²) >= 11 is 0. The zero-order chi connectivity index (χ0) is 20.5. The first-order chi connectivity index (χ1) is 14.2. The maximum atomic E-state index is 5.45. The van der Waals surface area contributed by atoms with Crippen molar-refractivity contribution in [2.45, 2.75) is 33.4 Å². The summed E-state index contributed by atoms with van der Waals surface area (Å²) in [5, 5.41) is 6.74. The van der Waals surface area contributed by atoms with Gasteiger partial charge in [0.15, 0.2) is 17.5 Å². The van der Waals surface area contributed by atoms with Crippen LogP contribution < -0.4 is 20.1 Å². The van der Waals surface area contributed by atoms with Crippen LogP contribution in [-0.2, 0) is 19.5 Å². The molecule has 0 aromatic heterocycles. The minimum Gasteiger partial charge on any atom is -0.454 e. The van der Waals surface area contributed by atoms with E-state index in [1.807, 2.05) is 12.1 Å². The van der Waals surface area contributed by atoms with Gasteiger partial charge in [0.25, 0.3) is 0 Å². The van der Waals surface area contributed by atoms with Crippen LogP contribution in [0.3, 0.4) is 0 Å². The predicted octanol–water partition coefficient (Wildman–Crippen LogP) is 3.78. The third kappa shape index (κ3) is 7.36. The number of fused-ring (bicyclic) bond motifs is 1. The summed E-state index contributed by atoms with van der Waals surface area (Å²) in [5.74, 6) is 2.49. The van der Waals surface area contributed by atoms with Gasteiger partial charge in [0, 0.05) is 19.6 Å². The molecule has 0 fully saturated rings. The molecule has 1 aliphatic rings. The molecule has 0 unspecified atom stereocenters. The molecule has 0 aliphatic carbocycles. The molecule has 1 heterocycles. The van der Waals surface area contributed by atoms with Crippen molar-refractivity contribution in [3.8, 4) is 11.5 Å². The minimum atomic E-state index is 0. The Hall–Kier alpha value is -2.00. The Morgan fingerprint density at radius 1 is 1.00 bits per heavy atom. The lowest BCUT2D eigenvalue weighted by Crippen LogP contribution is -2.38. The Morgan fingerprint density at radius 2 is 1.80 bits per heavy atom. The van der Waals surface area contributed by atoms with Crippen molar-refractivity contribution in [2.24, 2.45) is 4.99 Å². The number of hydrogen-bond acceptors (Lipinski definition) is 4. The van der Waals surface area contributed by atoms with E-state index in [0.717, 1.165) is 50.1 Å². The minimum absolute atomic E-state index is 0. The van der Waals surface area contributed by atoms with Crippen molar-refractivity contribution >= 4 is 29.9 Å². The lowest BCUT2D eigenvalue weighted by Gasteiger charge is -2.14. The molecule has 0 spiro atoms. The molecule has 0 saturated carbocycles. The SMILES string of the molecule is CCNC(=NCc1cccc(CN(C)CC)c1)NCCc1ccc2c(c1)OCO2.I. The number of aliphatic imine (C=N–C) groups is 1. The monoisotopic (exact) mass is 524 g/mol. The van der Waals surface area contributed by atoms with Crippen LogP contribution in [-0.4, -0.2) is 44.3 Å². The van der Waals surface area contributed by atoms with E-state index in [0.29, 0.717) is 13.3 Å². The maximum absolute atomic E-state index is 5.45. The average molecular weight is 524 g/mol. The van der Waals surface area contributed by atoms with Crippen LogP contribution >= 0.6 is 24.0 Å². The summed E-state index contributed by atoms with van der Waals surface area (Å²) in [6, 6.07) is 14.8. The molecule has 30 heavy (non-hydrogen) atoms. The van der Waals surface area contributed by atoms with E-state index in [1.54, 1.807) is 0 Å². The average Bonchev–Trinajstić information content (AvgIpc) is 3.20. The first-order valence-corrected chi connectivity index (χ1v) is 10.3. The van der Waals surface area contributed by atoms with Gasteiger partial charge in [-0.05, 0) is 55.8 Å². The largest absolute Gasteiger partial charge is 0.454 e. The van der Waals surface area contributed by atoms with E-state index in [9.17, 15) is 0 Å². The van der Waals surface area contributed by atoms with Crippen molar-refractivity contribution < 1.29 is 9.47 Å². The summed E-state index contributed by atoms with van der Waals surface area (Å²) in [4.78, 5) is 7.05. The van der Waals surface area contributed by atoms with Gasteiger partial charge in [0.05, 0.1) is 6.54 Å². The molecule has 3 rings (SSSR count). The van der Waals surface area contributed by atoms with Crippen LogP contribution in [0.1, 0.15) is 30.5 Å². The molecule has 7 heteroatoms. The number of nitrogens with zero attached hydrogens (tertiary/aromatic N) is 2. The smallest absolute Gasteiger partial charge is 0.231 e. The number of ether oxygens (including phenoxy) is 2. The highest BCUT2D eigenvalue weighted by Crippen LogP contribution is 2.32. The van der Waals surface area contributed by atoms with Gasteiger partial charge in [-0.1, -0.05) is 37.3 Å². The normalized spacial score (nSPS) is 12.6. The molecule has 2 N–H and O–H groups in total. The molecule has 0 bridgehead atoms. The fraction of sp³-hybridized carbons (Fsp3) is 0.435. The fourth-order valence-corrected chi connectivity index (χ4v) is 3.18. The molecule has 0 saturated heterocycles. The van der Waals surface area contributed by atoms with Crippen LogP contribution in [0.15, 0.2) is 47.5 Å². The molecule has 0 radical (unpaired) electrons. The zero-order valence-electron chi connectivity index (χ0n) is 18.1. The summed E-state index contributed by atoms with van der Waals surface area (Å²) in [6.45, 7) is 8.85. The standard InChI is InChI=1S/C23H32N4O2.HI/c1-4-24-23(25-12-11-18-9-10-21-22(14-18)29-17-28-21)26-15-19-7-6-8-20(13-19)16-27(3)5-2;/h6-10,13-14H,4-5,11-12,15-17H2,1-3H3,(H2,24,25,26);1H. The lowest BCUT2D eigenvalue weighted by atomic mass is 10.1. The van der Waals surface area contributed by atoms with Crippen LogP contribution in [0.2, 0.25) is 0 Å². The van der Waals surface area contributed by atoms with E-state index < -0.39 is 0 Å². The lowest BCUT2D eigenvalue weighted by molar-refractivity contribution is 0.174. The molecular weight excluding hydrogens is 491 g/mol. The third-order valence-corrected chi connectivity index (χ3v) is 4.89. The summed E-state index contributed by atoms with van der Waals surface area (Å²) < 4.78 is 10.8. The molecule has 1 aliphatic heterocycles. The van der Waals surface area contributed by atoms with Crippen LogP contribution in [0, 0.1) is 0 Å². The second-order valence-electron chi connectivity index (χ2n) is 7.21. The summed E-state index contributed by atoms with van der Waals surface area (Å²) in [6.07, 6.45) is 0.889. The van der Waals surface area contributed by atoms with Gasteiger partial charge >= 0.3 is 0 Å². The molecule has 2 aromatic rings. The highest BCUT2D eigenvalue weighted by molar-refractivity contribution is 14.0. The second-order valence-corrected chi connectivity index (χ2v) is 7.21. The fourth-order valence-electron chi connectivity index (χ4n) is 3.18. The first-order valence-electron chi connectivity index (χ1n) is 10.3. The van der Waals surface area contributed by atoms with Crippen molar-refractivity contribution in [1.82, 2.24) is 15.5 Å². The highest BCUT2D eigenvalue weighted by atomic mass is 127. The predicted molar refractivity (Wildman–Crippen MR) is 133 cm³/mol. The first kappa shape index (κ1) is 24.3. The Bertz CT molecular complexity index is 829. The number of guanidine groups is 1. The number of hydrogen-bond donors (Lipinski definition) is 2. The van der Waals surface area contributed by atoms with Crippen LogP contribution in [0.5, 0.6) is 11.5 Å². The topological polar surface area (TPSA) is 58.1 Å². The molecule has 2 aromatic carbocycles. The van der Waals surface area contributed by atoms with Crippen LogP contribution in [0.4, 0.5) is 0 Å². The van der Waals surface area contributed by atoms with Gasteiger partial charge in [0.2, 0.25) is 6.79 Å². The van der Waals surface area contributed by atoms with Gasteiger partial charge in [-0.2, -0.15) is 0 Å². The number of benzene rings is 2. The van der Waals surface area contributed by atoms with Crippen molar-refractivity contribution in [3.05, 3.63) is 59.2 Å². The Labute approximate surface area is 197 Å². The van der Waals surface area contributed by atoms with E-state index in [2.05, 4.69) is 66.8 Å². The highest BCUT2D eigenvalue weighted by Gasteiger charge is 2.13. The number of halogens is 1. The van der Waals surface area contributed by atoms with E-state index in [4.69, 9.17) is 14.5 Å². The van der Waals surface area contributed by atoms with E-state index >= 15 is 0 Å². The van der Waals surface area contributed by atoms with Gasteiger partial charge in [-0.3, -0.25) is 0 Å². The zero-order valence-corrected chi connectivity index (χ0v) is 20.4. The van der Waals surface area contributed by atoms with Crippen LogP contribution in [0.25, 0.3) is 0 Å². The number of rotatable bonds is 9. The number of nitrogens with one attached hydrogen (secondary N) is 2. The Balaban J connectivity index is 0.00000320. The maximum Gasteiger partial charge on any atom is 0.231 e.